The van der Waals surface area contributed by atoms with E-state index in [1.807, 2.05) is 29.6 Å². The summed E-state index contributed by atoms with van der Waals surface area (Å²) in [6.07, 6.45) is 2.53. The third kappa shape index (κ3) is 4.37. The van der Waals surface area contributed by atoms with Crippen LogP contribution in [0.4, 0.5) is 5.13 Å². The van der Waals surface area contributed by atoms with Gasteiger partial charge in [-0.1, -0.05) is 36.4 Å². The Bertz CT molecular complexity index is 1030. The standard InChI is InChI=1S/C21H18N4OS2/c22-12-16(11-17-7-4-10-27-17)20(26)24-21-23-18-14-25(9-8-19(18)28-21)13-15-5-2-1-3-6-15/h1-7,10-11H,8-9,13-14H2,(H,23,24,26). The van der Waals surface area contributed by atoms with Crippen LogP contribution < -0.4 is 5.32 Å². The predicted molar refractivity (Wildman–Crippen MR) is 113 cm³/mol. The van der Waals surface area contributed by atoms with Gasteiger partial charge >= 0.3 is 0 Å². The monoisotopic (exact) mass is 406 g/mol. The van der Waals surface area contributed by atoms with E-state index in [0.29, 0.717) is 5.13 Å². The molecule has 0 atom stereocenters. The number of nitrogens with zero attached hydrogens (tertiary/aromatic N) is 3. The number of fused-ring (bicyclic) bond motifs is 1. The molecule has 3 aromatic rings. The molecule has 1 N–H and O–H groups in total. The van der Waals surface area contributed by atoms with Crippen molar-refractivity contribution in [2.24, 2.45) is 0 Å². The van der Waals surface area contributed by atoms with Gasteiger partial charge in [0.1, 0.15) is 11.6 Å². The summed E-state index contributed by atoms with van der Waals surface area (Å²) in [4.78, 5) is 21.5. The van der Waals surface area contributed by atoms with Crippen LogP contribution in [-0.2, 0) is 24.3 Å². The molecule has 1 aromatic carbocycles. The van der Waals surface area contributed by atoms with Crippen LogP contribution in [0.15, 0.2) is 53.4 Å². The zero-order valence-electron chi connectivity index (χ0n) is 15.1. The van der Waals surface area contributed by atoms with E-state index in [2.05, 4.69) is 39.5 Å². The molecule has 0 radical (unpaired) electrons. The Morgan fingerprint density at radius 2 is 2.14 bits per heavy atom. The Labute approximate surface area is 171 Å². The number of aromatic nitrogens is 1. The zero-order valence-corrected chi connectivity index (χ0v) is 16.7. The minimum Gasteiger partial charge on any atom is -0.297 e. The molecule has 1 amide bonds. The highest BCUT2D eigenvalue weighted by Crippen LogP contribution is 2.29. The third-order valence-corrected chi connectivity index (χ3v) is 6.36. The van der Waals surface area contributed by atoms with Crippen molar-refractivity contribution in [3.05, 3.63) is 74.4 Å². The van der Waals surface area contributed by atoms with E-state index >= 15 is 0 Å². The van der Waals surface area contributed by atoms with Crippen molar-refractivity contribution in [3.8, 4) is 6.07 Å². The van der Waals surface area contributed by atoms with Crippen molar-refractivity contribution in [2.75, 3.05) is 11.9 Å². The van der Waals surface area contributed by atoms with Gasteiger partial charge < -0.3 is 0 Å². The second-order valence-corrected chi connectivity index (χ2v) is 8.54. The number of thiazole rings is 1. The lowest BCUT2D eigenvalue weighted by Crippen LogP contribution is -2.29. The van der Waals surface area contributed by atoms with E-state index in [9.17, 15) is 10.1 Å². The summed E-state index contributed by atoms with van der Waals surface area (Å²) < 4.78 is 0. The molecule has 0 saturated heterocycles. The number of amides is 1. The fourth-order valence-corrected chi connectivity index (χ4v) is 4.72. The molecule has 2 aromatic heterocycles. The summed E-state index contributed by atoms with van der Waals surface area (Å²) in [6.45, 7) is 2.63. The maximum atomic E-state index is 12.4. The van der Waals surface area contributed by atoms with E-state index in [1.54, 1.807) is 6.08 Å². The molecule has 0 fully saturated rings. The van der Waals surface area contributed by atoms with Crippen molar-refractivity contribution >= 4 is 39.8 Å². The first kappa shape index (κ1) is 18.6. The quantitative estimate of drug-likeness (QED) is 0.506. The Morgan fingerprint density at radius 1 is 1.29 bits per heavy atom. The van der Waals surface area contributed by atoms with Gasteiger partial charge in [-0.3, -0.25) is 15.0 Å². The molecule has 0 aliphatic carbocycles. The van der Waals surface area contributed by atoms with Crippen LogP contribution in [0.1, 0.15) is 21.0 Å². The molecule has 28 heavy (non-hydrogen) atoms. The SMILES string of the molecule is N#CC(=Cc1cccs1)C(=O)Nc1nc2c(s1)CCN(Cc1ccccc1)C2. The molecule has 3 heterocycles. The van der Waals surface area contributed by atoms with Crippen LogP contribution in [-0.4, -0.2) is 22.3 Å². The summed E-state index contributed by atoms with van der Waals surface area (Å²) in [5, 5.41) is 14.6. The fourth-order valence-electron chi connectivity index (χ4n) is 3.11. The third-order valence-electron chi connectivity index (χ3n) is 4.47. The Hall–Kier alpha value is -2.79. The largest absolute Gasteiger partial charge is 0.297 e. The molecule has 4 rings (SSSR count). The summed E-state index contributed by atoms with van der Waals surface area (Å²) in [7, 11) is 0. The first-order valence-corrected chi connectivity index (χ1v) is 10.6. The lowest BCUT2D eigenvalue weighted by atomic mass is 10.1. The summed E-state index contributed by atoms with van der Waals surface area (Å²) in [5.74, 6) is -0.414. The van der Waals surface area contributed by atoms with Gasteiger partial charge in [-0.2, -0.15) is 5.26 Å². The van der Waals surface area contributed by atoms with Crippen LogP contribution in [0.2, 0.25) is 0 Å². The molecular formula is C21H18N4OS2. The van der Waals surface area contributed by atoms with Crippen molar-refractivity contribution in [1.82, 2.24) is 9.88 Å². The van der Waals surface area contributed by atoms with Gasteiger partial charge in [0.25, 0.3) is 5.91 Å². The molecule has 0 spiro atoms. The molecule has 0 unspecified atom stereocenters. The smallest absolute Gasteiger partial charge is 0.268 e. The molecule has 5 nitrogen and oxygen atoms in total. The van der Waals surface area contributed by atoms with Crippen LogP contribution in [0.3, 0.4) is 0 Å². The van der Waals surface area contributed by atoms with E-state index in [1.165, 1.54) is 33.1 Å². The van der Waals surface area contributed by atoms with E-state index < -0.39 is 5.91 Å². The molecular weight excluding hydrogens is 388 g/mol. The van der Waals surface area contributed by atoms with Gasteiger partial charge in [-0.15, -0.1) is 22.7 Å². The van der Waals surface area contributed by atoms with E-state index in [0.717, 1.165) is 36.6 Å². The van der Waals surface area contributed by atoms with Crippen LogP contribution in [0.25, 0.3) is 6.08 Å². The molecule has 1 aliphatic rings. The minimum atomic E-state index is -0.414. The molecule has 0 saturated carbocycles. The molecule has 7 heteroatoms. The number of hydrogen-bond acceptors (Lipinski definition) is 6. The fraction of sp³-hybridized carbons (Fsp3) is 0.190. The van der Waals surface area contributed by atoms with Gasteiger partial charge in [0.15, 0.2) is 5.13 Å². The Balaban J connectivity index is 1.43. The first-order valence-electron chi connectivity index (χ1n) is 8.93. The van der Waals surface area contributed by atoms with Crippen LogP contribution in [0, 0.1) is 11.3 Å². The summed E-state index contributed by atoms with van der Waals surface area (Å²) >= 11 is 2.99. The summed E-state index contributed by atoms with van der Waals surface area (Å²) in [5.41, 5.74) is 2.39. The van der Waals surface area contributed by atoms with Crippen molar-refractivity contribution < 1.29 is 4.79 Å². The molecule has 140 valence electrons. The number of anilines is 1. The van der Waals surface area contributed by atoms with E-state index in [-0.39, 0.29) is 5.57 Å². The number of thiophene rings is 1. The number of nitriles is 1. The maximum absolute atomic E-state index is 12.4. The summed E-state index contributed by atoms with van der Waals surface area (Å²) in [6, 6.07) is 16.1. The Kier molecular flexibility index (Phi) is 5.63. The lowest BCUT2D eigenvalue weighted by Gasteiger charge is -2.25. The lowest BCUT2D eigenvalue weighted by molar-refractivity contribution is -0.112. The van der Waals surface area contributed by atoms with Gasteiger partial charge in [0, 0.05) is 29.4 Å². The van der Waals surface area contributed by atoms with Crippen molar-refractivity contribution in [2.45, 2.75) is 19.5 Å². The van der Waals surface area contributed by atoms with Gasteiger partial charge in [-0.25, -0.2) is 4.98 Å². The highest BCUT2D eigenvalue weighted by atomic mass is 32.1. The van der Waals surface area contributed by atoms with Crippen LogP contribution in [0.5, 0.6) is 0 Å². The molecule has 0 bridgehead atoms. The van der Waals surface area contributed by atoms with E-state index in [4.69, 9.17) is 0 Å². The van der Waals surface area contributed by atoms with Gasteiger partial charge in [0.2, 0.25) is 0 Å². The normalized spacial score (nSPS) is 14.3. The van der Waals surface area contributed by atoms with Crippen molar-refractivity contribution in [1.29, 1.82) is 5.26 Å². The molecule has 1 aliphatic heterocycles. The highest BCUT2D eigenvalue weighted by Gasteiger charge is 2.22. The maximum Gasteiger partial charge on any atom is 0.268 e. The van der Waals surface area contributed by atoms with Gasteiger partial charge in [-0.05, 0) is 29.5 Å². The minimum absolute atomic E-state index is 0.0846. The predicted octanol–water partition coefficient (Wildman–Crippen LogP) is 4.31. The number of hydrogen-bond donors (Lipinski definition) is 1. The number of carbonyl (C=O) groups is 1. The second-order valence-electron chi connectivity index (χ2n) is 6.47. The number of nitrogens with one attached hydrogen (secondary N) is 1. The first-order chi connectivity index (χ1) is 13.7. The number of rotatable bonds is 5. The highest BCUT2D eigenvalue weighted by molar-refractivity contribution is 7.16. The van der Waals surface area contributed by atoms with Gasteiger partial charge in [0.05, 0.1) is 5.69 Å². The second kappa shape index (κ2) is 8.48. The Morgan fingerprint density at radius 3 is 2.89 bits per heavy atom. The zero-order chi connectivity index (χ0) is 19.3. The number of carbonyl (C=O) groups excluding carboxylic acids is 1. The number of benzene rings is 1. The average molecular weight is 407 g/mol. The topological polar surface area (TPSA) is 69.0 Å². The average Bonchev–Trinajstić information content (AvgIpc) is 3.35. The van der Waals surface area contributed by atoms with Crippen LogP contribution >= 0.6 is 22.7 Å². The van der Waals surface area contributed by atoms with Crippen molar-refractivity contribution in [3.63, 3.8) is 0 Å².